The molecule has 0 radical (unpaired) electrons. The van der Waals surface area contributed by atoms with Crippen molar-refractivity contribution in [3.05, 3.63) is 59.4 Å². The minimum absolute atomic E-state index is 0.291. The number of carbonyl (C=O) groups excluding carboxylic acids is 2. The summed E-state index contributed by atoms with van der Waals surface area (Å²) in [6.45, 7) is 1.49. The number of ether oxygens (including phenoxy) is 1. The van der Waals surface area contributed by atoms with Gasteiger partial charge < -0.3 is 14.5 Å². The summed E-state index contributed by atoms with van der Waals surface area (Å²) < 4.78 is 10.3. The Labute approximate surface area is 142 Å². The maximum atomic E-state index is 12.1. The Morgan fingerprint density at radius 2 is 2.08 bits per heavy atom. The lowest BCUT2D eigenvalue weighted by Gasteiger charge is -2.13. The highest BCUT2D eigenvalue weighted by molar-refractivity contribution is 6.30. The largest absolute Gasteiger partial charge is 0.449 e. The van der Waals surface area contributed by atoms with Gasteiger partial charge in [-0.3, -0.25) is 4.79 Å². The molecule has 0 bridgehead atoms. The second-order valence-corrected chi connectivity index (χ2v) is 5.52. The number of hydrogen-bond acceptors (Lipinski definition) is 5. The van der Waals surface area contributed by atoms with Crippen molar-refractivity contribution in [2.45, 2.75) is 13.0 Å². The zero-order valence-corrected chi connectivity index (χ0v) is 13.4. The van der Waals surface area contributed by atoms with Crippen LogP contribution in [0.3, 0.4) is 0 Å². The number of benzene rings is 2. The van der Waals surface area contributed by atoms with E-state index in [1.165, 1.54) is 13.3 Å². The van der Waals surface area contributed by atoms with Gasteiger partial charge in [0.05, 0.1) is 5.56 Å². The monoisotopic (exact) mass is 344 g/mol. The lowest BCUT2D eigenvalue weighted by atomic mass is 10.2. The summed E-state index contributed by atoms with van der Waals surface area (Å²) in [6.07, 6.45) is 0.324. The summed E-state index contributed by atoms with van der Waals surface area (Å²) in [4.78, 5) is 28.2. The fraction of sp³-hybridized carbons (Fsp3) is 0.118. The summed E-state index contributed by atoms with van der Waals surface area (Å²) in [7, 11) is 0. The van der Waals surface area contributed by atoms with Gasteiger partial charge in [0.15, 0.2) is 18.1 Å². The van der Waals surface area contributed by atoms with Crippen LogP contribution in [-0.4, -0.2) is 23.0 Å². The molecule has 7 heteroatoms. The van der Waals surface area contributed by atoms with Gasteiger partial charge in [-0.1, -0.05) is 17.7 Å². The minimum atomic E-state index is -0.968. The molecule has 24 heavy (non-hydrogen) atoms. The van der Waals surface area contributed by atoms with Gasteiger partial charge in [0.25, 0.3) is 5.91 Å². The van der Waals surface area contributed by atoms with Gasteiger partial charge in [0.2, 0.25) is 0 Å². The Balaban J connectivity index is 1.65. The van der Waals surface area contributed by atoms with E-state index in [-0.39, 0.29) is 0 Å². The second kappa shape index (κ2) is 6.72. The topological polar surface area (TPSA) is 81.4 Å². The third-order valence-electron chi connectivity index (χ3n) is 3.31. The summed E-state index contributed by atoms with van der Waals surface area (Å²) >= 11 is 5.86. The molecule has 1 aromatic heterocycles. The average molecular weight is 345 g/mol. The molecule has 122 valence electrons. The van der Waals surface area contributed by atoms with Crippen LogP contribution in [0.25, 0.3) is 11.1 Å². The Morgan fingerprint density at radius 3 is 2.88 bits per heavy atom. The molecule has 0 saturated heterocycles. The normalized spacial score (nSPS) is 11.9. The Bertz CT molecular complexity index is 906. The minimum Gasteiger partial charge on any atom is -0.449 e. The lowest BCUT2D eigenvalue weighted by molar-refractivity contribution is -0.123. The molecule has 1 heterocycles. The van der Waals surface area contributed by atoms with E-state index in [0.717, 1.165) is 0 Å². The number of hydrogen-bond donors (Lipinski definition) is 1. The van der Waals surface area contributed by atoms with E-state index < -0.39 is 18.0 Å². The van der Waals surface area contributed by atoms with Crippen molar-refractivity contribution in [2.24, 2.45) is 0 Å². The fourth-order valence-corrected chi connectivity index (χ4v) is 2.27. The summed E-state index contributed by atoms with van der Waals surface area (Å²) in [5, 5.41) is 3.14. The number of anilines is 1. The van der Waals surface area contributed by atoms with Crippen molar-refractivity contribution in [3.8, 4) is 0 Å². The number of nitrogens with one attached hydrogen (secondary N) is 1. The first-order valence-electron chi connectivity index (χ1n) is 7.13. The number of fused-ring (bicyclic) bond motifs is 1. The molecule has 6 nitrogen and oxygen atoms in total. The molecule has 0 spiro atoms. The molecule has 0 aliphatic rings. The number of esters is 1. The van der Waals surface area contributed by atoms with Gasteiger partial charge >= 0.3 is 5.97 Å². The number of oxazole rings is 1. The van der Waals surface area contributed by atoms with Crippen LogP contribution >= 0.6 is 11.6 Å². The second-order valence-electron chi connectivity index (χ2n) is 5.08. The van der Waals surface area contributed by atoms with Crippen molar-refractivity contribution < 1.29 is 18.7 Å². The first-order chi connectivity index (χ1) is 11.5. The molecule has 1 amide bonds. The van der Waals surface area contributed by atoms with Crippen molar-refractivity contribution >= 4 is 40.3 Å². The number of aromatic nitrogens is 1. The van der Waals surface area contributed by atoms with E-state index in [2.05, 4.69) is 10.3 Å². The van der Waals surface area contributed by atoms with Crippen LogP contribution in [-0.2, 0) is 9.53 Å². The number of halogens is 1. The molecule has 3 aromatic rings. The third-order valence-corrected chi connectivity index (χ3v) is 3.55. The molecule has 2 aromatic carbocycles. The van der Waals surface area contributed by atoms with E-state index in [1.54, 1.807) is 42.5 Å². The van der Waals surface area contributed by atoms with Crippen molar-refractivity contribution in [3.63, 3.8) is 0 Å². The quantitative estimate of drug-likeness (QED) is 0.730. The molecular weight excluding hydrogens is 332 g/mol. The van der Waals surface area contributed by atoms with Crippen molar-refractivity contribution in [2.75, 3.05) is 5.32 Å². The Morgan fingerprint density at radius 1 is 1.25 bits per heavy atom. The maximum absolute atomic E-state index is 12.1. The molecule has 0 fully saturated rings. The van der Waals surface area contributed by atoms with Gasteiger partial charge in [0.1, 0.15) is 5.52 Å². The Kier molecular flexibility index (Phi) is 4.48. The van der Waals surface area contributed by atoms with Gasteiger partial charge in [-0.25, -0.2) is 9.78 Å². The first kappa shape index (κ1) is 16.0. The van der Waals surface area contributed by atoms with E-state index in [1.807, 2.05) is 0 Å². The average Bonchev–Trinajstić information content (AvgIpc) is 3.02. The predicted molar refractivity (Wildman–Crippen MR) is 89.0 cm³/mol. The third kappa shape index (κ3) is 3.55. The summed E-state index contributed by atoms with van der Waals surface area (Å²) in [6, 6.07) is 11.4. The molecule has 0 saturated carbocycles. The van der Waals surface area contributed by atoms with Crippen LogP contribution in [0.15, 0.2) is 53.3 Å². The lowest BCUT2D eigenvalue weighted by Crippen LogP contribution is -2.30. The van der Waals surface area contributed by atoms with Crippen molar-refractivity contribution in [1.82, 2.24) is 4.98 Å². The van der Waals surface area contributed by atoms with E-state index in [9.17, 15) is 9.59 Å². The zero-order valence-electron chi connectivity index (χ0n) is 12.7. The maximum Gasteiger partial charge on any atom is 0.338 e. The fourth-order valence-electron chi connectivity index (χ4n) is 2.08. The number of amides is 1. The van der Waals surface area contributed by atoms with Crippen LogP contribution in [0, 0.1) is 0 Å². The van der Waals surface area contributed by atoms with Gasteiger partial charge in [-0.15, -0.1) is 0 Å². The standard InChI is InChI=1S/C17H13ClN2O4/c1-10(16(21)20-13-4-2-3-12(18)8-13)24-17(22)11-5-6-15-14(7-11)19-9-23-15/h2-10H,1H3,(H,20,21). The number of carbonyl (C=O) groups is 2. The Hall–Kier alpha value is -2.86. The van der Waals surface area contributed by atoms with Crippen LogP contribution in [0.2, 0.25) is 5.02 Å². The molecule has 3 rings (SSSR count). The molecule has 0 aliphatic heterocycles. The highest BCUT2D eigenvalue weighted by atomic mass is 35.5. The van der Waals surface area contributed by atoms with Crippen LogP contribution in [0.4, 0.5) is 5.69 Å². The van der Waals surface area contributed by atoms with Crippen LogP contribution in [0.5, 0.6) is 0 Å². The smallest absolute Gasteiger partial charge is 0.338 e. The molecular formula is C17H13ClN2O4. The van der Waals surface area contributed by atoms with Crippen LogP contribution < -0.4 is 5.32 Å². The summed E-state index contributed by atoms with van der Waals surface area (Å²) in [5.74, 6) is -1.07. The highest BCUT2D eigenvalue weighted by Crippen LogP contribution is 2.17. The molecule has 0 aliphatic carbocycles. The van der Waals surface area contributed by atoms with Gasteiger partial charge in [-0.05, 0) is 43.3 Å². The summed E-state index contributed by atoms with van der Waals surface area (Å²) in [5.41, 5.74) is 1.93. The van der Waals surface area contributed by atoms with E-state index in [0.29, 0.717) is 27.4 Å². The van der Waals surface area contributed by atoms with Gasteiger partial charge in [0, 0.05) is 10.7 Å². The predicted octanol–water partition coefficient (Wildman–Crippen LogP) is 3.67. The molecule has 1 atom stereocenters. The first-order valence-corrected chi connectivity index (χ1v) is 7.51. The molecule has 1 unspecified atom stereocenters. The molecule has 1 N–H and O–H groups in total. The van der Waals surface area contributed by atoms with Crippen molar-refractivity contribution in [1.29, 1.82) is 0 Å². The number of nitrogens with zero attached hydrogens (tertiary/aromatic N) is 1. The van der Waals surface area contributed by atoms with Crippen LogP contribution in [0.1, 0.15) is 17.3 Å². The highest BCUT2D eigenvalue weighted by Gasteiger charge is 2.19. The van der Waals surface area contributed by atoms with Gasteiger partial charge in [-0.2, -0.15) is 0 Å². The van der Waals surface area contributed by atoms with E-state index >= 15 is 0 Å². The zero-order chi connectivity index (χ0) is 17.1. The van der Waals surface area contributed by atoms with E-state index in [4.69, 9.17) is 20.8 Å². The SMILES string of the molecule is CC(OC(=O)c1ccc2ocnc2c1)C(=O)Nc1cccc(Cl)c1. The number of rotatable bonds is 4.